The highest BCUT2D eigenvalue weighted by atomic mass is 32.2. The first kappa shape index (κ1) is 18.6. The maximum Gasteiger partial charge on any atom is 0.242 e. The van der Waals surface area contributed by atoms with Gasteiger partial charge in [-0.25, -0.2) is 17.7 Å². The fraction of sp³-hybridized carbons (Fsp3) is 0.350. The van der Waals surface area contributed by atoms with Crippen molar-refractivity contribution in [3.63, 3.8) is 0 Å². The Labute approximate surface area is 155 Å². The third-order valence-corrected chi connectivity index (χ3v) is 6.61. The summed E-state index contributed by atoms with van der Waals surface area (Å²) in [5, 5.41) is 0. The number of allylic oxidation sites excluding steroid dienone is 2. The van der Waals surface area contributed by atoms with Gasteiger partial charge in [0.15, 0.2) is 0 Å². The minimum atomic E-state index is -3.40. The van der Waals surface area contributed by atoms with Crippen LogP contribution < -0.4 is 4.74 Å². The molecular formula is C20H24N2O3S. The predicted octanol–water partition coefficient (Wildman–Crippen LogP) is 3.22. The lowest BCUT2D eigenvalue weighted by molar-refractivity contribution is 0.394. The molecule has 0 unspecified atom stereocenters. The highest BCUT2D eigenvalue weighted by Crippen LogP contribution is 2.36. The van der Waals surface area contributed by atoms with E-state index in [1.54, 1.807) is 19.2 Å². The number of nitrogens with zero attached hydrogens (tertiary/aromatic N) is 2. The lowest BCUT2D eigenvalue weighted by Crippen LogP contribution is -2.22. The van der Waals surface area contributed by atoms with Crippen LogP contribution in [0.15, 0.2) is 40.8 Å². The van der Waals surface area contributed by atoms with Crippen LogP contribution in [-0.2, 0) is 22.9 Å². The SMILES string of the molecule is COc1nc2c(cc1C)CC(C)=C2Cc1ccc(S(=O)(=O)N(C)C)cc1. The fourth-order valence-corrected chi connectivity index (χ4v) is 4.18. The number of pyridine rings is 1. The molecule has 138 valence electrons. The second kappa shape index (κ2) is 6.85. The zero-order valence-electron chi connectivity index (χ0n) is 15.8. The van der Waals surface area contributed by atoms with Gasteiger partial charge in [0.05, 0.1) is 17.7 Å². The number of aryl methyl sites for hydroxylation is 1. The molecular weight excluding hydrogens is 348 g/mol. The van der Waals surface area contributed by atoms with Crippen LogP contribution in [0.2, 0.25) is 0 Å². The van der Waals surface area contributed by atoms with Gasteiger partial charge in [0.25, 0.3) is 0 Å². The highest BCUT2D eigenvalue weighted by molar-refractivity contribution is 7.89. The molecule has 5 nitrogen and oxygen atoms in total. The number of hydrogen-bond acceptors (Lipinski definition) is 4. The number of benzene rings is 1. The molecule has 0 aliphatic heterocycles. The molecule has 0 N–H and O–H groups in total. The average Bonchev–Trinajstić information content (AvgIpc) is 2.89. The van der Waals surface area contributed by atoms with Gasteiger partial charge in [-0.3, -0.25) is 0 Å². The van der Waals surface area contributed by atoms with E-state index in [2.05, 4.69) is 13.0 Å². The monoisotopic (exact) mass is 372 g/mol. The lowest BCUT2D eigenvalue weighted by Gasteiger charge is -2.12. The molecule has 1 aromatic carbocycles. The number of rotatable bonds is 5. The van der Waals surface area contributed by atoms with Gasteiger partial charge in [-0.15, -0.1) is 0 Å². The van der Waals surface area contributed by atoms with E-state index >= 15 is 0 Å². The second-order valence-electron chi connectivity index (χ2n) is 6.87. The van der Waals surface area contributed by atoms with E-state index in [0.29, 0.717) is 10.8 Å². The van der Waals surface area contributed by atoms with E-state index < -0.39 is 10.0 Å². The van der Waals surface area contributed by atoms with Crippen molar-refractivity contribution in [2.24, 2.45) is 0 Å². The third kappa shape index (κ3) is 3.27. The van der Waals surface area contributed by atoms with Gasteiger partial charge in [0.1, 0.15) is 0 Å². The van der Waals surface area contributed by atoms with Crippen molar-refractivity contribution in [1.29, 1.82) is 0 Å². The predicted molar refractivity (Wildman–Crippen MR) is 103 cm³/mol. The Morgan fingerprint density at radius 2 is 1.81 bits per heavy atom. The smallest absolute Gasteiger partial charge is 0.242 e. The largest absolute Gasteiger partial charge is 0.481 e. The number of aromatic nitrogens is 1. The number of methoxy groups -OCH3 is 1. The number of ether oxygens (including phenoxy) is 1. The summed E-state index contributed by atoms with van der Waals surface area (Å²) in [7, 11) is 1.31. The molecule has 0 bridgehead atoms. The normalized spacial score (nSPS) is 14.1. The van der Waals surface area contributed by atoms with E-state index in [1.165, 1.54) is 35.1 Å². The van der Waals surface area contributed by atoms with E-state index in [9.17, 15) is 8.42 Å². The summed E-state index contributed by atoms with van der Waals surface area (Å²) in [5.74, 6) is 0.656. The Balaban J connectivity index is 1.90. The second-order valence-corrected chi connectivity index (χ2v) is 9.02. The first-order valence-corrected chi connectivity index (χ1v) is 9.93. The Morgan fingerprint density at radius 1 is 1.15 bits per heavy atom. The summed E-state index contributed by atoms with van der Waals surface area (Å²) in [6.07, 6.45) is 1.62. The van der Waals surface area contributed by atoms with Crippen molar-refractivity contribution in [1.82, 2.24) is 9.29 Å². The molecule has 2 aromatic rings. The molecule has 1 aliphatic rings. The maximum absolute atomic E-state index is 12.2. The fourth-order valence-electron chi connectivity index (χ4n) is 3.28. The van der Waals surface area contributed by atoms with E-state index in [0.717, 1.165) is 29.7 Å². The molecule has 0 atom stereocenters. The highest BCUT2D eigenvalue weighted by Gasteiger charge is 2.23. The molecule has 1 aromatic heterocycles. The van der Waals surface area contributed by atoms with Crippen molar-refractivity contribution in [2.45, 2.75) is 31.6 Å². The van der Waals surface area contributed by atoms with Crippen LogP contribution in [0.1, 0.15) is 29.3 Å². The van der Waals surface area contributed by atoms with Crippen molar-refractivity contribution < 1.29 is 13.2 Å². The van der Waals surface area contributed by atoms with Crippen LogP contribution >= 0.6 is 0 Å². The number of sulfonamides is 1. The molecule has 0 saturated heterocycles. The lowest BCUT2D eigenvalue weighted by atomic mass is 10.0. The van der Waals surface area contributed by atoms with Crippen molar-refractivity contribution >= 4 is 15.6 Å². The minimum absolute atomic E-state index is 0.305. The van der Waals surface area contributed by atoms with E-state index in [-0.39, 0.29) is 0 Å². The summed E-state index contributed by atoms with van der Waals surface area (Å²) < 4.78 is 31.0. The van der Waals surface area contributed by atoms with E-state index in [4.69, 9.17) is 9.72 Å². The van der Waals surface area contributed by atoms with Crippen LogP contribution in [-0.4, -0.2) is 38.9 Å². The van der Waals surface area contributed by atoms with Gasteiger partial charge in [0, 0.05) is 19.7 Å². The van der Waals surface area contributed by atoms with E-state index in [1.807, 2.05) is 19.1 Å². The van der Waals surface area contributed by atoms with Gasteiger partial charge >= 0.3 is 0 Å². The molecule has 3 rings (SSSR count). The van der Waals surface area contributed by atoms with Crippen molar-refractivity contribution in [2.75, 3.05) is 21.2 Å². The number of hydrogen-bond donors (Lipinski definition) is 0. The summed E-state index contributed by atoms with van der Waals surface area (Å²) in [4.78, 5) is 5.00. The summed E-state index contributed by atoms with van der Waals surface area (Å²) >= 11 is 0. The van der Waals surface area contributed by atoms with Crippen LogP contribution in [0.3, 0.4) is 0 Å². The molecule has 1 aliphatic carbocycles. The Morgan fingerprint density at radius 3 is 2.38 bits per heavy atom. The standard InChI is InChI=1S/C20H24N2O3S/c1-13-10-16-11-14(2)20(25-5)21-19(16)18(13)12-15-6-8-17(9-7-15)26(23,24)22(3)4/h6-9,11H,10,12H2,1-5H3. The molecule has 0 saturated carbocycles. The summed E-state index contributed by atoms with van der Waals surface area (Å²) in [6, 6.07) is 9.23. The van der Waals surface area contributed by atoms with Gasteiger partial charge in [0.2, 0.25) is 15.9 Å². The molecule has 1 heterocycles. The summed E-state index contributed by atoms with van der Waals surface area (Å²) in [5.41, 5.74) is 6.81. The van der Waals surface area contributed by atoms with Gasteiger partial charge < -0.3 is 4.74 Å². The third-order valence-electron chi connectivity index (χ3n) is 4.78. The van der Waals surface area contributed by atoms with Crippen molar-refractivity contribution in [3.8, 4) is 5.88 Å². The van der Waals surface area contributed by atoms with Gasteiger partial charge in [-0.2, -0.15) is 0 Å². The van der Waals surface area contributed by atoms with Crippen LogP contribution in [0.5, 0.6) is 5.88 Å². The molecule has 0 radical (unpaired) electrons. The first-order chi connectivity index (χ1) is 12.2. The molecule has 0 amide bonds. The Bertz CT molecular complexity index is 975. The molecule has 0 spiro atoms. The van der Waals surface area contributed by atoms with Crippen LogP contribution in [0, 0.1) is 6.92 Å². The minimum Gasteiger partial charge on any atom is -0.481 e. The van der Waals surface area contributed by atoms with Crippen LogP contribution in [0.25, 0.3) is 5.57 Å². The molecule has 6 heteroatoms. The van der Waals surface area contributed by atoms with Gasteiger partial charge in [-0.1, -0.05) is 17.7 Å². The Kier molecular flexibility index (Phi) is 4.90. The average molecular weight is 372 g/mol. The van der Waals surface area contributed by atoms with Crippen LogP contribution in [0.4, 0.5) is 0 Å². The molecule has 0 fully saturated rings. The first-order valence-electron chi connectivity index (χ1n) is 8.49. The van der Waals surface area contributed by atoms with Crippen molar-refractivity contribution in [3.05, 3.63) is 58.3 Å². The topological polar surface area (TPSA) is 59.5 Å². The zero-order valence-corrected chi connectivity index (χ0v) is 16.6. The zero-order chi connectivity index (χ0) is 19.1. The number of fused-ring (bicyclic) bond motifs is 1. The molecule has 26 heavy (non-hydrogen) atoms. The maximum atomic E-state index is 12.2. The quantitative estimate of drug-likeness (QED) is 0.809. The Hall–Kier alpha value is -2.18. The summed E-state index contributed by atoms with van der Waals surface area (Å²) in [6.45, 7) is 4.13. The van der Waals surface area contributed by atoms with Gasteiger partial charge in [-0.05, 0) is 61.6 Å².